The average molecular weight is 434 g/mol. The van der Waals surface area contributed by atoms with Crippen LogP contribution in [0.1, 0.15) is 38.5 Å². The van der Waals surface area contributed by atoms with Gasteiger partial charge in [-0.2, -0.15) is 8.42 Å². The lowest BCUT2D eigenvalue weighted by Crippen LogP contribution is -2.38. The van der Waals surface area contributed by atoms with Crippen molar-refractivity contribution in [1.82, 2.24) is 10.6 Å². The van der Waals surface area contributed by atoms with E-state index >= 15 is 0 Å². The number of fused-ring (bicyclic) bond motifs is 2. The maximum absolute atomic E-state index is 12.9. The Kier molecular flexibility index (Phi) is 5.44. The summed E-state index contributed by atoms with van der Waals surface area (Å²) in [6, 6.07) is -0.284. The minimum Gasteiger partial charge on any atom is -0.377 e. The van der Waals surface area contributed by atoms with Crippen LogP contribution in [0.5, 0.6) is 0 Å². The van der Waals surface area contributed by atoms with Crippen LogP contribution in [-0.2, 0) is 29.1 Å². The van der Waals surface area contributed by atoms with Crippen molar-refractivity contribution in [1.29, 1.82) is 0 Å². The molecular weight excluding hydrogens is 412 g/mol. The molecule has 6 atom stereocenters. The van der Waals surface area contributed by atoms with Gasteiger partial charge in [-0.25, -0.2) is 5.26 Å². The van der Waals surface area contributed by atoms with Crippen LogP contribution in [0.2, 0.25) is 0 Å². The van der Waals surface area contributed by atoms with Gasteiger partial charge in [-0.15, -0.1) is 4.33 Å². The highest BCUT2D eigenvalue weighted by Gasteiger charge is 2.50. The first-order valence-corrected chi connectivity index (χ1v) is 11.6. The Morgan fingerprint density at radius 1 is 0.929 bits per heavy atom. The molecule has 0 aromatic rings. The number of rotatable bonds is 4. The molecule has 12 heteroatoms. The van der Waals surface area contributed by atoms with Crippen molar-refractivity contribution in [2.75, 3.05) is 0 Å². The third-order valence-electron chi connectivity index (χ3n) is 6.31. The largest absolute Gasteiger partial charge is 0.377 e. The standard InChI is InChI=1S/C16H22N2O8S2/c19-15-9-5-7(27-26-25-21)1-3-11(9)17-13(15)14-16(20)10-6-8(28(22,23)24)2-4-12(10)18-14/h7-12,17-18,21H,1-6H2,(H,22,23,24)/b14-13+. The lowest BCUT2D eigenvalue weighted by Gasteiger charge is -2.28. The third kappa shape index (κ3) is 3.57. The summed E-state index contributed by atoms with van der Waals surface area (Å²) in [6.45, 7) is 0. The maximum Gasteiger partial charge on any atom is 0.267 e. The van der Waals surface area contributed by atoms with Crippen LogP contribution in [-0.4, -0.2) is 52.4 Å². The monoisotopic (exact) mass is 434 g/mol. The highest BCUT2D eigenvalue weighted by molar-refractivity contribution is 7.95. The van der Waals surface area contributed by atoms with Crippen molar-refractivity contribution in [2.45, 2.75) is 61.1 Å². The van der Waals surface area contributed by atoms with Crippen LogP contribution in [0.4, 0.5) is 0 Å². The van der Waals surface area contributed by atoms with E-state index < -0.39 is 21.3 Å². The molecule has 0 bridgehead atoms. The predicted molar refractivity (Wildman–Crippen MR) is 97.1 cm³/mol. The Labute approximate surface area is 166 Å². The molecule has 2 saturated heterocycles. The smallest absolute Gasteiger partial charge is 0.267 e. The number of ketones is 2. The number of hydrogen-bond acceptors (Lipinski definition) is 10. The molecule has 2 heterocycles. The molecule has 2 saturated carbocycles. The number of carbonyl (C=O) groups excluding carboxylic acids is 2. The third-order valence-corrected chi connectivity index (χ3v) is 8.42. The maximum atomic E-state index is 12.9. The summed E-state index contributed by atoms with van der Waals surface area (Å²) < 4.78 is 36.7. The van der Waals surface area contributed by atoms with Gasteiger partial charge in [-0.1, -0.05) is 5.04 Å². The van der Waals surface area contributed by atoms with E-state index in [-0.39, 0.29) is 59.1 Å². The van der Waals surface area contributed by atoms with Crippen LogP contribution in [0, 0.1) is 11.8 Å². The minimum absolute atomic E-state index is 0.00571. The lowest BCUT2D eigenvalue weighted by atomic mass is 9.83. The Hall–Kier alpha value is -1.18. The molecule has 2 aliphatic carbocycles. The molecule has 4 fully saturated rings. The van der Waals surface area contributed by atoms with Gasteiger partial charge in [0.05, 0.1) is 5.25 Å². The molecule has 0 spiro atoms. The van der Waals surface area contributed by atoms with Gasteiger partial charge < -0.3 is 10.6 Å². The molecule has 28 heavy (non-hydrogen) atoms. The molecule has 0 aromatic heterocycles. The van der Waals surface area contributed by atoms with E-state index in [1.807, 2.05) is 0 Å². The van der Waals surface area contributed by atoms with E-state index in [0.717, 1.165) is 18.5 Å². The summed E-state index contributed by atoms with van der Waals surface area (Å²) in [7, 11) is -4.19. The van der Waals surface area contributed by atoms with Crippen LogP contribution in [0.25, 0.3) is 0 Å². The van der Waals surface area contributed by atoms with Crippen molar-refractivity contribution in [3.05, 3.63) is 11.4 Å². The van der Waals surface area contributed by atoms with E-state index in [1.54, 1.807) is 0 Å². The van der Waals surface area contributed by atoms with Crippen LogP contribution in [0.3, 0.4) is 0 Å². The molecule has 156 valence electrons. The van der Waals surface area contributed by atoms with Crippen LogP contribution in [0.15, 0.2) is 11.4 Å². The molecule has 4 aliphatic rings. The summed E-state index contributed by atoms with van der Waals surface area (Å²) in [5.41, 5.74) is 0.521. The van der Waals surface area contributed by atoms with Gasteiger partial charge in [0, 0.05) is 41.2 Å². The summed E-state index contributed by atoms with van der Waals surface area (Å²) >= 11 is 0.970. The Balaban J connectivity index is 1.51. The summed E-state index contributed by atoms with van der Waals surface area (Å²) in [6.07, 6.45) is 2.79. The molecule has 6 unspecified atom stereocenters. The highest BCUT2D eigenvalue weighted by atomic mass is 32.2. The molecule has 0 aromatic carbocycles. The molecule has 4 N–H and O–H groups in total. The quantitative estimate of drug-likeness (QED) is 0.162. The Morgan fingerprint density at radius 2 is 1.50 bits per heavy atom. The second kappa shape index (κ2) is 7.58. The number of Topliss-reactive ketones (excluding diaryl/α,β-unsaturated/α-hetero) is 2. The molecule has 0 radical (unpaired) electrons. The van der Waals surface area contributed by atoms with Crippen LogP contribution < -0.4 is 10.6 Å². The van der Waals surface area contributed by atoms with Crippen molar-refractivity contribution in [3.8, 4) is 0 Å². The Morgan fingerprint density at radius 3 is 2.07 bits per heavy atom. The van der Waals surface area contributed by atoms with E-state index in [4.69, 9.17) is 5.26 Å². The lowest BCUT2D eigenvalue weighted by molar-refractivity contribution is -0.432. The molecular formula is C16H22N2O8S2. The summed E-state index contributed by atoms with van der Waals surface area (Å²) in [5.74, 6) is -1.26. The fourth-order valence-corrected chi connectivity index (χ4v) is 6.44. The van der Waals surface area contributed by atoms with Crippen molar-refractivity contribution in [3.63, 3.8) is 0 Å². The molecule has 2 aliphatic heterocycles. The highest BCUT2D eigenvalue weighted by Crippen LogP contribution is 2.41. The average Bonchev–Trinajstić information content (AvgIpc) is 3.16. The zero-order valence-corrected chi connectivity index (χ0v) is 16.5. The van der Waals surface area contributed by atoms with Crippen molar-refractivity contribution in [2.24, 2.45) is 11.8 Å². The van der Waals surface area contributed by atoms with Gasteiger partial charge in [0.2, 0.25) is 0 Å². The number of carbonyl (C=O) groups is 2. The van der Waals surface area contributed by atoms with Crippen molar-refractivity contribution >= 4 is 33.7 Å². The first-order valence-electron chi connectivity index (χ1n) is 9.25. The van der Waals surface area contributed by atoms with E-state index in [1.165, 1.54) is 0 Å². The van der Waals surface area contributed by atoms with Crippen LogP contribution >= 0.6 is 12.0 Å². The second-order valence-electron chi connectivity index (χ2n) is 7.82. The number of hydrogen-bond donors (Lipinski definition) is 4. The van der Waals surface area contributed by atoms with Gasteiger partial charge in [-0.3, -0.25) is 14.1 Å². The SMILES string of the molecule is O=C1/C(=C2\NC3CCC(S(=O)(=O)O)CC3C2=O)NC2CCC(SOOO)CC12. The fourth-order valence-electron chi connectivity index (χ4n) is 4.89. The van der Waals surface area contributed by atoms with Gasteiger partial charge >= 0.3 is 0 Å². The molecule has 10 nitrogen and oxygen atoms in total. The van der Waals surface area contributed by atoms with E-state index in [0.29, 0.717) is 19.3 Å². The zero-order chi connectivity index (χ0) is 20.1. The Bertz CT molecular complexity index is 813. The van der Waals surface area contributed by atoms with E-state index in [9.17, 15) is 22.6 Å². The van der Waals surface area contributed by atoms with Gasteiger partial charge in [-0.05, 0) is 38.5 Å². The first kappa shape index (κ1) is 20.1. The second-order valence-corrected chi connectivity index (χ2v) is 10.5. The van der Waals surface area contributed by atoms with Crippen molar-refractivity contribution < 1.29 is 37.2 Å². The van der Waals surface area contributed by atoms with E-state index in [2.05, 4.69) is 20.0 Å². The normalized spacial score (nSPS) is 40.6. The first-order chi connectivity index (χ1) is 13.3. The molecule has 0 amide bonds. The van der Waals surface area contributed by atoms with Gasteiger partial charge in [0.15, 0.2) is 11.6 Å². The summed E-state index contributed by atoms with van der Waals surface area (Å²) in [5, 5.41) is 17.3. The fraction of sp³-hybridized carbons (Fsp3) is 0.750. The van der Waals surface area contributed by atoms with Gasteiger partial charge in [0.1, 0.15) is 11.4 Å². The number of allylic oxidation sites excluding steroid dienone is 2. The summed E-state index contributed by atoms with van der Waals surface area (Å²) in [4.78, 5) is 25.8. The number of nitrogens with one attached hydrogen (secondary N) is 2. The minimum atomic E-state index is -4.19. The predicted octanol–water partition coefficient (Wildman–Crippen LogP) is 0.574. The zero-order valence-electron chi connectivity index (χ0n) is 14.9. The van der Waals surface area contributed by atoms with Gasteiger partial charge in [0.25, 0.3) is 10.1 Å². The molecule has 4 rings (SSSR count). The topological polar surface area (TPSA) is 151 Å².